The Labute approximate surface area is 114 Å². The lowest BCUT2D eigenvalue weighted by Crippen LogP contribution is -2.24. The quantitative estimate of drug-likeness (QED) is 0.849. The maximum Gasteiger partial charge on any atom is 0.275 e. The lowest BCUT2D eigenvalue weighted by atomic mass is 9.82. The molecule has 0 aromatic heterocycles. The highest BCUT2D eigenvalue weighted by molar-refractivity contribution is 5.95. The minimum atomic E-state index is -0.189. The standard InChI is InChI=1S/C15H21NO3/c1-18-12-8-9-13(15(17)16-19-2)14(10-12)11-6-4-3-5-7-11/h8-11H,3-7H2,1-2H3,(H,16,17). The van der Waals surface area contributed by atoms with Gasteiger partial charge in [-0.15, -0.1) is 0 Å². The first kappa shape index (κ1) is 13.9. The van der Waals surface area contributed by atoms with Gasteiger partial charge in [-0.25, -0.2) is 5.48 Å². The number of methoxy groups -OCH3 is 1. The summed E-state index contributed by atoms with van der Waals surface area (Å²) in [6.45, 7) is 0. The minimum Gasteiger partial charge on any atom is -0.497 e. The molecule has 2 rings (SSSR count). The zero-order valence-electron chi connectivity index (χ0n) is 11.6. The maximum atomic E-state index is 12.0. The van der Waals surface area contributed by atoms with Gasteiger partial charge in [0.25, 0.3) is 5.91 Å². The van der Waals surface area contributed by atoms with Crippen molar-refractivity contribution in [2.24, 2.45) is 0 Å². The predicted molar refractivity (Wildman–Crippen MR) is 73.3 cm³/mol. The van der Waals surface area contributed by atoms with Crippen molar-refractivity contribution in [2.45, 2.75) is 38.0 Å². The number of carbonyl (C=O) groups is 1. The highest BCUT2D eigenvalue weighted by Crippen LogP contribution is 2.36. The summed E-state index contributed by atoms with van der Waals surface area (Å²) >= 11 is 0. The minimum absolute atomic E-state index is 0.189. The Morgan fingerprint density at radius 2 is 1.95 bits per heavy atom. The number of nitrogens with one attached hydrogen (secondary N) is 1. The molecule has 0 heterocycles. The summed E-state index contributed by atoms with van der Waals surface area (Å²) in [7, 11) is 3.09. The van der Waals surface area contributed by atoms with Gasteiger partial charge in [0.1, 0.15) is 5.75 Å². The second kappa shape index (κ2) is 6.57. The SMILES string of the molecule is CONC(=O)c1ccc(OC)cc1C1CCCCC1. The summed E-state index contributed by atoms with van der Waals surface area (Å²) in [6.07, 6.45) is 6.03. The Balaban J connectivity index is 2.32. The topological polar surface area (TPSA) is 47.6 Å². The van der Waals surface area contributed by atoms with E-state index in [2.05, 4.69) is 5.48 Å². The van der Waals surface area contributed by atoms with E-state index in [1.165, 1.54) is 26.4 Å². The van der Waals surface area contributed by atoms with Crippen molar-refractivity contribution in [1.82, 2.24) is 5.48 Å². The third kappa shape index (κ3) is 3.26. The molecule has 104 valence electrons. The molecular formula is C15H21NO3. The fraction of sp³-hybridized carbons (Fsp3) is 0.533. The Morgan fingerprint density at radius 3 is 2.58 bits per heavy atom. The van der Waals surface area contributed by atoms with E-state index < -0.39 is 0 Å². The maximum absolute atomic E-state index is 12.0. The smallest absolute Gasteiger partial charge is 0.275 e. The molecule has 1 aliphatic carbocycles. The molecule has 1 N–H and O–H groups in total. The molecule has 4 heteroatoms. The molecule has 0 bridgehead atoms. The van der Waals surface area contributed by atoms with Crippen LogP contribution in [0.5, 0.6) is 5.75 Å². The number of hydroxylamine groups is 1. The van der Waals surface area contributed by atoms with E-state index in [9.17, 15) is 4.79 Å². The fourth-order valence-electron chi connectivity index (χ4n) is 2.77. The summed E-state index contributed by atoms with van der Waals surface area (Å²) in [5.74, 6) is 1.06. The van der Waals surface area contributed by atoms with Gasteiger partial charge in [-0.3, -0.25) is 9.63 Å². The second-order valence-electron chi connectivity index (χ2n) is 4.92. The Morgan fingerprint density at radius 1 is 1.21 bits per heavy atom. The third-order valence-corrected chi connectivity index (χ3v) is 3.74. The summed E-state index contributed by atoms with van der Waals surface area (Å²) in [5.41, 5.74) is 4.17. The Kier molecular flexibility index (Phi) is 4.80. The van der Waals surface area contributed by atoms with Gasteiger partial charge in [0.15, 0.2) is 0 Å². The number of hydrogen-bond acceptors (Lipinski definition) is 3. The highest BCUT2D eigenvalue weighted by atomic mass is 16.6. The molecule has 0 spiro atoms. The van der Waals surface area contributed by atoms with Crippen LogP contribution in [0, 0.1) is 0 Å². The van der Waals surface area contributed by atoms with Gasteiger partial charge in [0, 0.05) is 5.56 Å². The van der Waals surface area contributed by atoms with Gasteiger partial charge in [-0.1, -0.05) is 19.3 Å². The lowest BCUT2D eigenvalue weighted by molar-refractivity contribution is 0.0536. The third-order valence-electron chi connectivity index (χ3n) is 3.74. The zero-order valence-corrected chi connectivity index (χ0v) is 11.6. The van der Waals surface area contributed by atoms with Crippen molar-refractivity contribution in [1.29, 1.82) is 0 Å². The summed E-state index contributed by atoms with van der Waals surface area (Å²) in [5, 5.41) is 0. The summed E-state index contributed by atoms with van der Waals surface area (Å²) < 4.78 is 5.28. The Hall–Kier alpha value is -1.55. The highest BCUT2D eigenvalue weighted by Gasteiger charge is 2.22. The van der Waals surface area contributed by atoms with E-state index in [1.807, 2.05) is 18.2 Å². The van der Waals surface area contributed by atoms with Crippen LogP contribution in [0.25, 0.3) is 0 Å². The molecule has 1 aromatic rings. The first-order valence-corrected chi connectivity index (χ1v) is 6.77. The van der Waals surface area contributed by atoms with Crippen LogP contribution in [0.2, 0.25) is 0 Å². The van der Waals surface area contributed by atoms with Crippen LogP contribution in [0.3, 0.4) is 0 Å². The van der Waals surface area contributed by atoms with Crippen LogP contribution in [0.15, 0.2) is 18.2 Å². The van der Waals surface area contributed by atoms with Crippen LogP contribution in [-0.4, -0.2) is 20.1 Å². The van der Waals surface area contributed by atoms with Crippen molar-refractivity contribution in [3.8, 4) is 5.75 Å². The first-order chi connectivity index (χ1) is 9.26. The molecule has 1 fully saturated rings. The van der Waals surface area contributed by atoms with Crippen molar-refractivity contribution in [3.05, 3.63) is 29.3 Å². The number of ether oxygens (including phenoxy) is 1. The average molecular weight is 263 g/mol. The normalized spacial score (nSPS) is 16.1. The van der Waals surface area contributed by atoms with E-state index >= 15 is 0 Å². The molecule has 1 aliphatic rings. The van der Waals surface area contributed by atoms with Crippen LogP contribution >= 0.6 is 0 Å². The molecule has 0 atom stereocenters. The number of benzene rings is 1. The van der Waals surface area contributed by atoms with Gasteiger partial charge in [-0.05, 0) is 42.5 Å². The van der Waals surface area contributed by atoms with Crippen LogP contribution in [0.4, 0.5) is 0 Å². The van der Waals surface area contributed by atoms with Gasteiger partial charge in [-0.2, -0.15) is 0 Å². The zero-order chi connectivity index (χ0) is 13.7. The largest absolute Gasteiger partial charge is 0.497 e. The fourth-order valence-corrected chi connectivity index (χ4v) is 2.77. The Bertz CT molecular complexity index is 439. The molecule has 1 amide bonds. The van der Waals surface area contributed by atoms with E-state index in [4.69, 9.17) is 9.57 Å². The van der Waals surface area contributed by atoms with E-state index in [0.717, 1.165) is 24.2 Å². The number of hydrogen-bond donors (Lipinski definition) is 1. The number of rotatable bonds is 4. The van der Waals surface area contributed by atoms with Crippen LogP contribution < -0.4 is 10.2 Å². The predicted octanol–water partition coefficient (Wildman–Crippen LogP) is 3.03. The number of amides is 1. The van der Waals surface area contributed by atoms with Crippen molar-refractivity contribution >= 4 is 5.91 Å². The molecule has 0 saturated heterocycles. The summed E-state index contributed by atoms with van der Waals surface area (Å²) in [6, 6.07) is 5.62. The van der Waals surface area contributed by atoms with Gasteiger partial charge >= 0.3 is 0 Å². The van der Waals surface area contributed by atoms with Gasteiger partial charge in [0.2, 0.25) is 0 Å². The van der Waals surface area contributed by atoms with Crippen LogP contribution in [-0.2, 0) is 4.84 Å². The second-order valence-corrected chi connectivity index (χ2v) is 4.92. The molecule has 0 aliphatic heterocycles. The average Bonchev–Trinajstić information content (AvgIpc) is 2.47. The van der Waals surface area contributed by atoms with Crippen molar-refractivity contribution in [2.75, 3.05) is 14.2 Å². The first-order valence-electron chi connectivity index (χ1n) is 6.77. The molecule has 1 saturated carbocycles. The molecular weight excluding hydrogens is 242 g/mol. The van der Waals surface area contributed by atoms with E-state index in [1.54, 1.807) is 7.11 Å². The molecule has 0 radical (unpaired) electrons. The van der Waals surface area contributed by atoms with Gasteiger partial charge < -0.3 is 4.74 Å². The summed E-state index contributed by atoms with van der Waals surface area (Å²) in [4.78, 5) is 16.8. The van der Waals surface area contributed by atoms with Gasteiger partial charge in [0.05, 0.1) is 14.2 Å². The van der Waals surface area contributed by atoms with Crippen molar-refractivity contribution in [3.63, 3.8) is 0 Å². The number of carbonyl (C=O) groups excluding carboxylic acids is 1. The van der Waals surface area contributed by atoms with E-state index in [-0.39, 0.29) is 5.91 Å². The molecule has 1 aromatic carbocycles. The van der Waals surface area contributed by atoms with Crippen molar-refractivity contribution < 1.29 is 14.4 Å². The molecule has 0 unspecified atom stereocenters. The molecule has 4 nitrogen and oxygen atoms in total. The van der Waals surface area contributed by atoms with E-state index in [0.29, 0.717) is 11.5 Å². The lowest BCUT2D eigenvalue weighted by Gasteiger charge is -2.24. The monoisotopic (exact) mass is 263 g/mol. The van der Waals surface area contributed by atoms with Crippen LogP contribution in [0.1, 0.15) is 53.9 Å². The molecule has 19 heavy (non-hydrogen) atoms.